The van der Waals surface area contributed by atoms with Gasteiger partial charge in [0.05, 0.1) is 23.4 Å². The lowest BCUT2D eigenvalue weighted by Gasteiger charge is -2.29. The highest BCUT2D eigenvalue weighted by atomic mass is 16.6. The maximum absolute atomic E-state index is 11.9. The van der Waals surface area contributed by atoms with Crippen LogP contribution in [0.25, 0.3) is 0 Å². The molecule has 116 valence electrons. The average Bonchev–Trinajstić information content (AvgIpc) is 2.81. The number of aromatic nitrogens is 2. The lowest BCUT2D eigenvalue weighted by molar-refractivity contribution is -0.389. The number of carbonyl (C=O) groups is 1. The minimum atomic E-state index is -0.526. The summed E-state index contributed by atoms with van der Waals surface area (Å²) in [6, 6.07) is 1.65. The molecule has 1 aromatic heterocycles. The van der Waals surface area contributed by atoms with Crippen molar-refractivity contribution in [2.24, 2.45) is 0 Å². The van der Waals surface area contributed by atoms with Gasteiger partial charge in [0, 0.05) is 12.5 Å². The van der Waals surface area contributed by atoms with Crippen LogP contribution in [0.2, 0.25) is 0 Å². The van der Waals surface area contributed by atoms with Crippen molar-refractivity contribution >= 4 is 11.7 Å². The molecule has 0 saturated carbocycles. The second kappa shape index (κ2) is 6.66. The maximum atomic E-state index is 11.9. The van der Waals surface area contributed by atoms with Crippen molar-refractivity contribution in [3.8, 4) is 0 Å². The zero-order valence-electron chi connectivity index (χ0n) is 12.4. The van der Waals surface area contributed by atoms with Crippen LogP contribution in [-0.4, -0.2) is 51.7 Å². The Labute approximate surface area is 123 Å². The summed E-state index contributed by atoms with van der Waals surface area (Å²) in [6.07, 6.45) is 2.22. The van der Waals surface area contributed by atoms with Gasteiger partial charge in [-0.3, -0.25) is 4.79 Å². The summed E-state index contributed by atoms with van der Waals surface area (Å²) < 4.78 is 1.51. The Morgan fingerprint density at radius 2 is 2.19 bits per heavy atom. The van der Waals surface area contributed by atoms with Gasteiger partial charge in [-0.05, 0) is 44.8 Å². The van der Waals surface area contributed by atoms with Gasteiger partial charge in [0.2, 0.25) is 5.91 Å². The van der Waals surface area contributed by atoms with Gasteiger partial charge in [-0.25, -0.2) is 0 Å². The van der Waals surface area contributed by atoms with Crippen LogP contribution in [0.15, 0.2) is 6.07 Å². The fourth-order valence-corrected chi connectivity index (χ4v) is 2.47. The van der Waals surface area contributed by atoms with E-state index < -0.39 is 4.92 Å². The molecule has 1 aliphatic heterocycles. The van der Waals surface area contributed by atoms with Gasteiger partial charge in [0.25, 0.3) is 0 Å². The molecule has 0 aliphatic carbocycles. The minimum absolute atomic E-state index is 0.0258. The van der Waals surface area contributed by atoms with E-state index in [-0.39, 0.29) is 24.2 Å². The highest BCUT2D eigenvalue weighted by molar-refractivity contribution is 5.76. The molecule has 8 heteroatoms. The fraction of sp³-hybridized carbons (Fsp3) is 0.692. The maximum Gasteiger partial charge on any atom is 0.390 e. The van der Waals surface area contributed by atoms with E-state index in [9.17, 15) is 14.9 Å². The van der Waals surface area contributed by atoms with Crippen LogP contribution in [0.4, 0.5) is 5.82 Å². The number of hydrogen-bond acceptors (Lipinski definition) is 5. The van der Waals surface area contributed by atoms with Gasteiger partial charge in [-0.15, -0.1) is 0 Å². The number of nitrogens with zero attached hydrogens (tertiary/aromatic N) is 4. The first-order valence-electron chi connectivity index (χ1n) is 7.12. The quantitative estimate of drug-likeness (QED) is 0.637. The summed E-state index contributed by atoms with van der Waals surface area (Å²) >= 11 is 0. The number of rotatable bonds is 5. The van der Waals surface area contributed by atoms with Gasteiger partial charge in [0.1, 0.15) is 0 Å². The molecule has 0 spiro atoms. The van der Waals surface area contributed by atoms with E-state index in [2.05, 4.69) is 22.4 Å². The van der Waals surface area contributed by atoms with Crippen LogP contribution in [0.5, 0.6) is 0 Å². The van der Waals surface area contributed by atoms with E-state index in [0.717, 1.165) is 25.9 Å². The van der Waals surface area contributed by atoms with Crippen molar-refractivity contribution in [1.29, 1.82) is 0 Å². The number of nitrogens with one attached hydrogen (secondary N) is 1. The molecule has 0 radical (unpaired) electrons. The molecule has 2 heterocycles. The summed E-state index contributed by atoms with van der Waals surface area (Å²) in [7, 11) is 2.07. The van der Waals surface area contributed by atoms with Crippen molar-refractivity contribution in [2.45, 2.75) is 38.8 Å². The summed E-state index contributed by atoms with van der Waals surface area (Å²) in [5.74, 6) is -0.203. The second-order valence-corrected chi connectivity index (χ2v) is 5.52. The van der Waals surface area contributed by atoms with Crippen molar-refractivity contribution in [3.63, 3.8) is 0 Å². The first-order chi connectivity index (χ1) is 9.95. The normalized spacial score (nSPS) is 16.9. The fourth-order valence-electron chi connectivity index (χ4n) is 2.47. The molecule has 0 atom stereocenters. The van der Waals surface area contributed by atoms with Gasteiger partial charge in [-0.2, -0.15) is 4.68 Å². The molecule has 1 aliphatic rings. The summed E-state index contributed by atoms with van der Waals surface area (Å²) in [5, 5.41) is 17.5. The smallest absolute Gasteiger partial charge is 0.358 e. The lowest BCUT2D eigenvalue weighted by Crippen LogP contribution is -2.43. The molecule has 8 nitrogen and oxygen atoms in total. The third kappa shape index (κ3) is 4.25. The molecule has 0 bridgehead atoms. The number of hydrogen-bond donors (Lipinski definition) is 1. The Balaban J connectivity index is 1.80. The number of aryl methyl sites for hydroxylation is 2. The highest BCUT2D eigenvalue weighted by Crippen LogP contribution is 2.12. The van der Waals surface area contributed by atoms with E-state index in [1.54, 1.807) is 6.92 Å². The number of amides is 1. The van der Waals surface area contributed by atoms with Crippen molar-refractivity contribution in [1.82, 2.24) is 20.0 Å². The molecule has 1 aromatic rings. The number of carbonyl (C=O) groups excluding carboxylic acids is 1. The van der Waals surface area contributed by atoms with E-state index >= 15 is 0 Å². The van der Waals surface area contributed by atoms with E-state index in [4.69, 9.17) is 0 Å². The molecule has 1 N–H and O–H groups in total. The van der Waals surface area contributed by atoms with E-state index in [1.807, 2.05) is 0 Å². The Kier molecular flexibility index (Phi) is 4.89. The SMILES string of the molecule is Cc1cc([N+](=O)[O-])nn1CCC(=O)NC1CCN(C)CC1. The monoisotopic (exact) mass is 295 g/mol. The minimum Gasteiger partial charge on any atom is -0.358 e. The standard InChI is InChI=1S/C13H21N5O3/c1-10-9-12(18(20)21)15-17(10)8-5-13(19)14-11-3-6-16(2)7-4-11/h9,11H,3-8H2,1-2H3,(H,14,19). The van der Waals surface area contributed by atoms with Crippen LogP contribution in [0.1, 0.15) is 25.0 Å². The third-order valence-corrected chi connectivity index (χ3v) is 3.79. The van der Waals surface area contributed by atoms with Gasteiger partial charge in [0.15, 0.2) is 0 Å². The zero-order chi connectivity index (χ0) is 15.4. The molecule has 1 fully saturated rings. The molecule has 1 saturated heterocycles. The topological polar surface area (TPSA) is 93.3 Å². The number of likely N-dealkylation sites (tertiary alicyclic amines) is 1. The highest BCUT2D eigenvalue weighted by Gasteiger charge is 2.19. The largest absolute Gasteiger partial charge is 0.390 e. The van der Waals surface area contributed by atoms with Crippen LogP contribution >= 0.6 is 0 Å². The Morgan fingerprint density at radius 1 is 1.52 bits per heavy atom. The lowest BCUT2D eigenvalue weighted by atomic mass is 10.1. The number of nitro groups is 1. The molecular formula is C13H21N5O3. The van der Waals surface area contributed by atoms with Crippen LogP contribution in [0.3, 0.4) is 0 Å². The average molecular weight is 295 g/mol. The summed E-state index contributed by atoms with van der Waals surface area (Å²) in [4.78, 5) is 24.3. The number of piperidine rings is 1. The molecule has 0 unspecified atom stereocenters. The zero-order valence-corrected chi connectivity index (χ0v) is 12.4. The predicted octanol–water partition coefficient (Wildman–Crippen LogP) is 0.700. The van der Waals surface area contributed by atoms with E-state index in [1.165, 1.54) is 10.7 Å². The Morgan fingerprint density at radius 3 is 2.76 bits per heavy atom. The van der Waals surface area contributed by atoms with Gasteiger partial charge in [-0.1, -0.05) is 0 Å². The summed E-state index contributed by atoms with van der Waals surface area (Å²) in [6.45, 7) is 4.10. The van der Waals surface area contributed by atoms with E-state index in [0.29, 0.717) is 12.2 Å². The van der Waals surface area contributed by atoms with Crippen molar-refractivity contribution < 1.29 is 9.72 Å². The Bertz CT molecular complexity index is 520. The second-order valence-electron chi connectivity index (χ2n) is 5.52. The molecule has 0 aromatic carbocycles. The van der Waals surface area contributed by atoms with Crippen LogP contribution in [-0.2, 0) is 11.3 Å². The molecule has 2 rings (SSSR count). The van der Waals surface area contributed by atoms with Crippen LogP contribution < -0.4 is 5.32 Å². The summed E-state index contributed by atoms with van der Waals surface area (Å²) in [5.41, 5.74) is 0.689. The van der Waals surface area contributed by atoms with Crippen molar-refractivity contribution in [3.05, 3.63) is 21.9 Å². The molecule has 21 heavy (non-hydrogen) atoms. The third-order valence-electron chi connectivity index (χ3n) is 3.79. The predicted molar refractivity (Wildman–Crippen MR) is 76.9 cm³/mol. The molecular weight excluding hydrogens is 274 g/mol. The van der Waals surface area contributed by atoms with Crippen molar-refractivity contribution in [2.75, 3.05) is 20.1 Å². The van der Waals surface area contributed by atoms with Crippen LogP contribution in [0, 0.1) is 17.0 Å². The van der Waals surface area contributed by atoms with Gasteiger partial charge >= 0.3 is 5.82 Å². The van der Waals surface area contributed by atoms with Gasteiger partial charge < -0.3 is 20.3 Å². The Hall–Kier alpha value is -1.96. The molecule has 1 amide bonds. The first-order valence-corrected chi connectivity index (χ1v) is 7.12. The first kappa shape index (κ1) is 15.4.